The molecule has 192 valence electrons. The second-order valence-electron chi connectivity index (χ2n) is 5.77. The Hall–Kier alpha value is 22.9. The van der Waals surface area contributed by atoms with Crippen molar-refractivity contribution in [3.05, 3.63) is 85.2 Å². The third kappa shape index (κ3) is 50.2. The van der Waals surface area contributed by atoms with Gasteiger partial charge in [-0.1, -0.05) is 49.0 Å². The van der Waals surface area contributed by atoms with E-state index < -0.39 is 0 Å². The summed E-state index contributed by atoms with van der Waals surface area (Å²) in [6.45, 7) is 2.12. The summed E-state index contributed by atoms with van der Waals surface area (Å²) in [7, 11) is 0. The first kappa shape index (κ1) is 134. The normalized spacial score (nSPS) is 5.71. The van der Waals surface area contributed by atoms with Crippen LogP contribution in [-0.4, -0.2) is 19.9 Å². The average Bonchev–Trinajstić information content (AvgIpc) is 3.30. The van der Waals surface area contributed by atoms with E-state index in [1.807, 2.05) is 30.3 Å². The van der Waals surface area contributed by atoms with Gasteiger partial charge in [-0.3, -0.25) is 16.4 Å². The molecule has 0 bridgehead atoms. The third-order valence-electron chi connectivity index (χ3n) is 4.24. The number of hydrogen-bond acceptors (Lipinski definition) is 3. The summed E-state index contributed by atoms with van der Waals surface area (Å²) in [6, 6.07) is 20.6. The molecule has 3 heterocycles. The number of pyridine rings is 1. The second kappa shape index (κ2) is 84.8. The Bertz CT molecular complexity index is 1210. The summed E-state index contributed by atoms with van der Waals surface area (Å²) in [5.41, 5.74) is 5.66. The zero-order valence-electron chi connectivity index (χ0n) is 27.0. The van der Waals surface area contributed by atoms with Gasteiger partial charge in [-0.25, -0.2) is 0 Å². The maximum Gasteiger partial charge on any atom is 0.0521 e. The van der Waals surface area contributed by atoms with E-state index in [-0.39, 0.29) is 785 Å². The molecule has 29 heteroatoms. The van der Waals surface area contributed by atoms with Gasteiger partial charge in [0.15, 0.2) is 0 Å². The van der Waals surface area contributed by atoms with Gasteiger partial charge in [-0.2, -0.15) is 11.3 Å². The Balaban J connectivity index is -0.0000000195. The first-order valence-corrected chi connectivity index (χ1v) is 7.93. The molecule has 3 aromatic heterocycles. The molecule has 0 spiro atoms. The largest absolute Gasteiger partial charge is 0.464 e. The molecular formula is C20H12N5Y24-3. The molecule has 5 nitrogen and oxygen atoms in total. The van der Waals surface area contributed by atoms with Crippen molar-refractivity contribution in [2.75, 3.05) is 0 Å². The maximum atomic E-state index is 4.67. The summed E-state index contributed by atoms with van der Waals surface area (Å²) < 4.78 is 2.17. The fourth-order valence-electron chi connectivity index (χ4n) is 3.10. The van der Waals surface area contributed by atoms with E-state index in [1.165, 1.54) is 0 Å². The van der Waals surface area contributed by atoms with Crippen molar-refractivity contribution in [1.82, 2.24) is 25.0 Å². The number of fused-ring (bicyclic) bond motifs is 3. The molecule has 0 fully saturated rings. The zero-order valence-corrected chi connectivity index (χ0v) is 95.1. The number of aromatic nitrogens is 5. The topological polar surface area (TPSA) is 57.7 Å². The zero-order chi connectivity index (χ0) is 16.6. The van der Waals surface area contributed by atoms with Crippen molar-refractivity contribution in [3.8, 4) is 11.3 Å². The molecule has 0 atom stereocenters. The number of nitrogens with zero attached hydrogens (tertiary/aromatic N) is 5. The van der Waals surface area contributed by atoms with Crippen LogP contribution in [0.2, 0.25) is 0 Å². The molecule has 2 aromatic carbocycles. The van der Waals surface area contributed by atoms with Crippen molar-refractivity contribution < 1.29 is 785 Å². The first-order chi connectivity index (χ1) is 12.4. The molecule has 0 saturated carbocycles. The van der Waals surface area contributed by atoms with Gasteiger partial charge in [0.2, 0.25) is 0 Å². The van der Waals surface area contributed by atoms with Gasteiger partial charge in [0.05, 0.1) is 5.52 Å². The van der Waals surface area contributed by atoms with Crippen LogP contribution in [0.15, 0.2) is 66.9 Å². The van der Waals surface area contributed by atoms with Crippen molar-refractivity contribution in [2.24, 2.45) is 0 Å². The van der Waals surface area contributed by atoms with Gasteiger partial charge in [-0.15, -0.1) is 23.8 Å². The fraction of sp³-hybridized carbons (Fsp3) is 0. The van der Waals surface area contributed by atoms with E-state index in [0.29, 0.717) is 5.69 Å². The molecule has 0 aliphatic carbocycles. The summed E-state index contributed by atoms with van der Waals surface area (Å²) >= 11 is 0. The van der Waals surface area contributed by atoms with Gasteiger partial charge in [0.1, 0.15) is 0 Å². The smallest absolute Gasteiger partial charge is 0.0521 e. The van der Waals surface area contributed by atoms with Gasteiger partial charge in [0.25, 0.3) is 0 Å². The van der Waals surface area contributed by atoms with Gasteiger partial charge in [0, 0.05) is 785 Å². The number of rotatable bonds is 3. The molecule has 5 rings (SSSR count). The van der Waals surface area contributed by atoms with E-state index in [4.69, 9.17) is 0 Å². The Morgan fingerprint density at radius 2 is 0.939 bits per heavy atom. The third-order valence-corrected chi connectivity index (χ3v) is 4.24. The van der Waals surface area contributed by atoms with E-state index in [2.05, 4.69) is 68.0 Å². The molecule has 0 aliphatic heterocycles. The van der Waals surface area contributed by atoms with Gasteiger partial charge < -0.3 is 14.8 Å². The molecule has 49 heavy (non-hydrogen) atoms. The van der Waals surface area contributed by atoms with E-state index >= 15 is 0 Å². The van der Waals surface area contributed by atoms with Crippen LogP contribution in [0, 0.1) is 12.7 Å². The van der Waals surface area contributed by atoms with Crippen LogP contribution in [-0.2, 0) is 785 Å². The second-order valence-corrected chi connectivity index (χ2v) is 5.77. The molecule has 5 aromatic rings. The minimum Gasteiger partial charge on any atom is -0.464 e. The Morgan fingerprint density at radius 3 is 1.37 bits per heavy atom. The number of para-hydroxylation sites is 1. The maximum absolute atomic E-state index is 4.67. The SMILES string of the molecule is [Y].[Y].[Y].[Y].[Y].[Y].[Y].[Y].[Y].[Y].[Y].[Y].[Y].[Y].[Y].[Y].[Y].[Y].[Y].[Y].[Y].[Y].[Y].[Y].[c-]1nn[n-]c1-c1cnc2c3ccccc3n([CH-]c3ccccc3)c2c1. The van der Waals surface area contributed by atoms with E-state index in [0.717, 1.165) is 33.1 Å². The summed E-state index contributed by atoms with van der Waals surface area (Å²) in [5.74, 6) is 0. The number of benzene rings is 2. The fourth-order valence-corrected chi connectivity index (χ4v) is 3.10. The van der Waals surface area contributed by atoms with Crippen LogP contribution in [0.4, 0.5) is 0 Å². The van der Waals surface area contributed by atoms with Gasteiger partial charge >= 0.3 is 0 Å². The molecule has 0 N–H and O–H groups in total. The van der Waals surface area contributed by atoms with Crippen LogP contribution in [0.5, 0.6) is 0 Å². The molecule has 0 amide bonds. The van der Waals surface area contributed by atoms with Crippen LogP contribution >= 0.6 is 0 Å². The van der Waals surface area contributed by atoms with E-state index in [1.54, 1.807) is 6.20 Å². The average molecular weight is 2460 g/mol. The van der Waals surface area contributed by atoms with Crippen LogP contribution in [0.25, 0.3) is 33.2 Å². The molecule has 0 aliphatic rings. The quantitative estimate of drug-likeness (QED) is 0.261. The predicted molar refractivity (Wildman–Crippen MR) is 95.7 cm³/mol. The van der Waals surface area contributed by atoms with Crippen LogP contribution < -0.4 is 5.10 Å². The first-order valence-electron chi connectivity index (χ1n) is 7.93. The van der Waals surface area contributed by atoms with Crippen molar-refractivity contribution in [2.45, 2.75) is 0 Å². The Kier molecular flexibility index (Phi) is 232. The minimum atomic E-state index is 0. The molecular weight excluding hydrogens is 2440 g/mol. The van der Waals surface area contributed by atoms with Crippen molar-refractivity contribution in [1.29, 1.82) is 0 Å². The Labute approximate surface area is 897 Å². The van der Waals surface area contributed by atoms with Crippen LogP contribution in [0.1, 0.15) is 5.56 Å². The van der Waals surface area contributed by atoms with Gasteiger partial charge in [-0.05, 0) is 22.6 Å². The predicted octanol–water partition coefficient (Wildman–Crippen LogP) is 3.40. The molecule has 0 saturated heterocycles. The minimum absolute atomic E-state index is 0. The summed E-state index contributed by atoms with van der Waals surface area (Å²) in [6.07, 6.45) is 4.58. The summed E-state index contributed by atoms with van der Waals surface area (Å²) in [5, 5.41) is 12.4. The molecule has 24 radical (unpaired) electrons. The molecule has 0 unspecified atom stereocenters. The summed E-state index contributed by atoms with van der Waals surface area (Å²) in [4.78, 5) is 4.67. The standard InChI is InChI=1S/C20H12N5.24Y/c1-2-6-14(7-3-1)13-25-18-9-5-4-8-16(18)20-19(25)10-15(11-21-20)17-12-22-24-23-17;;;;;;;;;;;;;;;;;;;;;;;;/h1-11,13H;;;;;;;;;;;;;;;;;;;;;;;;/q-3;;;;;;;;;;;;;;;;;;;;;;;;. The van der Waals surface area contributed by atoms with Crippen molar-refractivity contribution in [3.63, 3.8) is 0 Å². The Morgan fingerprint density at radius 1 is 0.510 bits per heavy atom. The van der Waals surface area contributed by atoms with Crippen LogP contribution in [0.3, 0.4) is 0 Å². The van der Waals surface area contributed by atoms with Crippen molar-refractivity contribution >= 4 is 21.9 Å². The van der Waals surface area contributed by atoms with E-state index in [9.17, 15) is 0 Å². The number of hydrogen-bond donors (Lipinski definition) is 0. The monoisotopic (exact) mass is 2460 g/mol.